The van der Waals surface area contributed by atoms with Crippen molar-refractivity contribution in [3.63, 3.8) is 0 Å². The van der Waals surface area contributed by atoms with Gasteiger partial charge in [-0.15, -0.1) is 0 Å². The number of methoxy groups -OCH3 is 1. The van der Waals surface area contributed by atoms with Gasteiger partial charge in [0.1, 0.15) is 5.75 Å². The van der Waals surface area contributed by atoms with Crippen molar-refractivity contribution < 1.29 is 45.4 Å². The number of ether oxygens (including phenoxy) is 2. The van der Waals surface area contributed by atoms with Crippen LogP contribution in [0.5, 0.6) is 5.75 Å². The van der Waals surface area contributed by atoms with Crippen molar-refractivity contribution in [2.24, 2.45) is 0 Å². The molecule has 0 fully saturated rings. The minimum absolute atomic E-state index is 0.200. The third-order valence-corrected chi connectivity index (χ3v) is 4.81. The molecule has 0 aliphatic carbocycles. The van der Waals surface area contributed by atoms with Crippen molar-refractivity contribution in [3.05, 3.63) is 59.8 Å². The molecule has 2 N–H and O–H groups in total. The maximum absolute atomic E-state index is 14.4. The van der Waals surface area contributed by atoms with Gasteiger partial charge in [0.2, 0.25) is 0 Å². The number of carbonyl (C=O) groups is 2. The van der Waals surface area contributed by atoms with Crippen LogP contribution in [0.25, 0.3) is 11.0 Å². The molecule has 1 heterocycles. The Labute approximate surface area is 199 Å². The monoisotopic (exact) mass is 516 g/mol. The summed E-state index contributed by atoms with van der Waals surface area (Å²) in [7, 11) is 1.32. The number of amides is 1. The number of nitrogens with zero attached hydrogens (tertiary/aromatic N) is 2. The summed E-state index contributed by atoms with van der Waals surface area (Å²) in [5, 5.41) is 2.92. The predicted molar refractivity (Wildman–Crippen MR) is 114 cm³/mol. The number of rotatable bonds is 7. The lowest BCUT2D eigenvalue weighted by molar-refractivity contribution is -0.205. The number of benzene rings is 2. The highest BCUT2D eigenvalue weighted by Crippen LogP contribution is 2.38. The van der Waals surface area contributed by atoms with Crippen LogP contribution in [-0.2, 0) is 15.7 Å². The molecule has 1 amide bonds. The maximum atomic E-state index is 14.4. The third kappa shape index (κ3) is 5.26. The Hall–Kier alpha value is -4.10. The van der Waals surface area contributed by atoms with E-state index in [2.05, 4.69) is 14.7 Å². The topological polar surface area (TPSA) is 102 Å². The maximum Gasteiger partial charge on any atom is 0.441 e. The first-order valence-electron chi connectivity index (χ1n) is 10.1. The van der Waals surface area contributed by atoms with E-state index >= 15 is 0 Å². The van der Waals surface area contributed by atoms with Crippen LogP contribution in [0.4, 0.5) is 32.2 Å². The summed E-state index contributed by atoms with van der Waals surface area (Å²) in [6, 6.07) is 9.84. The molecule has 0 aliphatic rings. The first-order valence-corrected chi connectivity index (χ1v) is 10.1. The quantitative estimate of drug-likeness (QED) is 0.274. The van der Waals surface area contributed by atoms with Crippen molar-refractivity contribution in [1.29, 1.82) is 0 Å². The van der Waals surface area contributed by atoms with Crippen LogP contribution in [-0.4, -0.2) is 47.4 Å². The molecule has 1 aromatic heterocycles. The summed E-state index contributed by atoms with van der Waals surface area (Å²) in [5.74, 6) is -4.72. The van der Waals surface area contributed by atoms with E-state index in [9.17, 15) is 35.9 Å². The van der Waals surface area contributed by atoms with Crippen LogP contribution in [0.1, 0.15) is 23.0 Å². The Bertz CT molecular complexity index is 1260. The number of aromatic nitrogens is 2. The molecule has 0 unspecified atom stereocenters. The fraction of sp³-hybridized carbons (Fsp3) is 0.273. The average molecular weight is 516 g/mol. The number of carbonyl (C=O) groups excluding carboxylic acids is 2. The van der Waals surface area contributed by atoms with Crippen LogP contribution in [0.2, 0.25) is 0 Å². The lowest BCUT2D eigenvalue weighted by atomic mass is 10.1. The Morgan fingerprint density at radius 3 is 2.00 bits per heavy atom. The van der Waals surface area contributed by atoms with E-state index in [1.807, 2.05) is 0 Å². The molecule has 0 saturated heterocycles. The van der Waals surface area contributed by atoms with Gasteiger partial charge in [-0.3, -0.25) is 4.79 Å². The predicted octanol–water partition coefficient (Wildman–Crippen LogP) is 4.32. The van der Waals surface area contributed by atoms with Gasteiger partial charge in [0.05, 0.1) is 24.8 Å². The number of nitrogens with one attached hydrogen (secondary N) is 2. The van der Waals surface area contributed by atoms with Gasteiger partial charge in [-0.2, -0.15) is 26.3 Å². The van der Waals surface area contributed by atoms with Crippen LogP contribution in [0.3, 0.4) is 0 Å². The van der Waals surface area contributed by atoms with E-state index < -0.39 is 48.0 Å². The van der Waals surface area contributed by atoms with E-state index in [0.717, 1.165) is 12.1 Å². The van der Waals surface area contributed by atoms with Crippen LogP contribution in [0, 0.1) is 0 Å². The molecule has 0 aliphatic heterocycles. The van der Waals surface area contributed by atoms with Gasteiger partial charge < -0.3 is 20.1 Å². The molecule has 14 heteroatoms. The van der Waals surface area contributed by atoms with Gasteiger partial charge in [-0.1, -0.05) is 12.1 Å². The summed E-state index contributed by atoms with van der Waals surface area (Å²) in [5.41, 5.74) is -6.80. The van der Waals surface area contributed by atoms with Gasteiger partial charge in [-0.05, 0) is 43.3 Å². The molecule has 0 saturated carbocycles. The zero-order chi connectivity index (χ0) is 26.7. The number of hydrogen-bond acceptors (Lipinski definition) is 7. The van der Waals surface area contributed by atoms with E-state index in [1.54, 1.807) is 0 Å². The number of alkyl halides is 6. The van der Waals surface area contributed by atoms with Crippen molar-refractivity contribution in [3.8, 4) is 5.75 Å². The molecule has 0 spiro atoms. The number of fused-ring (bicyclic) bond motifs is 1. The van der Waals surface area contributed by atoms with E-state index in [1.165, 1.54) is 61.1 Å². The summed E-state index contributed by atoms with van der Waals surface area (Å²) < 4.78 is 94.0. The molecule has 0 radical (unpaired) electrons. The van der Waals surface area contributed by atoms with Gasteiger partial charge >= 0.3 is 24.0 Å². The fourth-order valence-corrected chi connectivity index (χ4v) is 3.08. The minimum Gasteiger partial charge on any atom is -0.497 e. The summed E-state index contributed by atoms with van der Waals surface area (Å²) >= 11 is 0. The second kappa shape index (κ2) is 9.87. The number of para-hydroxylation sites is 2. The Balaban J connectivity index is 2.19. The minimum atomic E-state index is -5.70. The summed E-state index contributed by atoms with van der Waals surface area (Å²) in [6.07, 6.45) is -11.0. The number of hydrogen-bond donors (Lipinski definition) is 2. The van der Waals surface area contributed by atoms with E-state index in [4.69, 9.17) is 4.74 Å². The number of esters is 1. The summed E-state index contributed by atoms with van der Waals surface area (Å²) in [6.45, 7) is 0.605. The average Bonchev–Trinajstić information content (AvgIpc) is 2.81. The van der Waals surface area contributed by atoms with Crippen molar-refractivity contribution in [2.75, 3.05) is 19.0 Å². The molecular weight excluding hydrogens is 498 g/mol. The van der Waals surface area contributed by atoms with Gasteiger partial charge in [0.15, 0.2) is 11.5 Å². The highest BCUT2D eigenvalue weighted by Gasteiger charge is 2.64. The van der Waals surface area contributed by atoms with Crippen LogP contribution >= 0.6 is 0 Å². The Kier molecular flexibility index (Phi) is 7.27. The molecule has 8 nitrogen and oxygen atoms in total. The zero-order valence-electron chi connectivity index (χ0n) is 18.6. The fourth-order valence-electron chi connectivity index (χ4n) is 3.08. The van der Waals surface area contributed by atoms with Crippen molar-refractivity contribution in [1.82, 2.24) is 15.3 Å². The standard InChI is InChI=1S/C22H18F6N4O4/c1-3-36-19(34)20(22(26,27)28,32-18(33)12-8-10-13(35-2)11-9-12)31-17-16(21(23,24)25)29-14-6-4-5-7-15(14)30-17/h4-11H,3H2,1-2H3,(H,30,31)(H,32,33)/t20-/m1/s1. The Morgan fingerprint density at radius 1 is 0.917 bits per heavy atom. The molecule has 1 atom stereocenters. The van der Waals surface area contributed by atoms with Crippen LogP contribution < -0.4 is 15.4 Å². The van der Waals surface area contributed by atoms with Gasteiger partial charge in [0, 0.05) is 5.56 Å². The van der Waals surface area contributed by atoms with Crippen molar-refractivity contribution >= 4 is 28.7 Å². The highest BCUT2D eigenvalue weighted by molar-refractivity contribution is 5.99. The first kappa shape index (κ1) is 26.5. The number of halogens is 6. The first-order chi connectivity index (χ1) is 16.8. The van der Waals surface area contributed by atoms with Crippen LogP contribution in [0.15, 0.2) is 48.5 Å². The Morgan fingerprint density at radius 2 is 1.50 bits per heavy atom. The SMILES string of the molecule is CCOC(=O)[C@](NC(=O)c1ccc(OC)cc1)(Nc1nc2ccccc2nc1C(F)(F)F)C(F)(F)F. The smallest absolute Gasteiger partial charge is 0.441 e. The van der Waals surface area contributed by atoms with E-state index in [-0.39, 0.29) is 22.3 Å². The molecule has 192 valence electrons. The zero-order valence-corrected chi connectivity index (χ0v) is 18.6. The molecule has 2 aromatic carbocycles. The second-order valence-corrected chi connectivity index (χ2v) is 7.18. The normalized spacial score (nSPS) is 13.6. The lowest BCUT2D eigenvalue weighted by Gasteiger charge is -2.35. The third-order valence-electron chi connectivity index (χ3n) is 4.81. The molecule has 3 aromatic rings. The molecule has 0 bridgehead atoms. The summed E-state index contributed by atoms with van der Waals surface area (Å²) in [4.78, 5) is 32.4. The van der Waals surface area contributed by atoms with Gasteiger partial charge in [-0.25, -0.2) is 14.8 Å². The second-order valence-electron chi connectivity index (χ2n) is 7.18. The largest absolute Gasteiger partial charge is 0.497 e. The van der Waals surface area contributed by atoms with E-state index in [0.29, 0.717) is 0 Å². The molecule has 3 rings (SSSR count). The number of anilines is 1. The highest BCUT2D eigenvalue weighted by atomic mass is 19.4. The van der Waals surface area contributed by atoms with Crippen molar-refractivity contribution in [2.45, 2.75) is 24.9 Å². The molecule has 36 heavy (non-hydrogen) atoms. The lowest BCUT2D eigenvalue weighted by Crippen LogP contribution is -2.69. The van der Waals surface area contributed by atoms with Gasteiger partial charge in [0.25, 0.3) is 5.91 Å². The molecular formula is C22H18F6N4O4.